The van der Waals surface area contributed by atoms with Crippen molar-refractivity contribution in [3.63, 3.8) is 0 Å². The average Bonchev–Trinajstić information content (AvgIpc) is 3.25. The first-order valence-electron chi connectivity index (χ1n) is 10.6. The van der Waals surface area contributed by atoms with Gasteiger partial charge in [-0.2, -0.15) is 0 Å². The number of hydrogen-bond acceptors (Lipinski definition) is 7. The van der Waals surface area contributed by atoms with Crippen LogP contribution < -0.4 is 21.5 Å². The maximum atomic E-state index is 12.7. The highest BCUT2D eigenvalue weighted by Crippen LogP contribution is 2.33. The Labute approximate surface area is 184 Å². The van der Waals surface area contributed by atoms with Gasteiger partial charge in [-0.25, -0.2) is 0 Å². The lowest BCUT2D eigenvalue weighted by molar-refractivity contribution is 0.0762. The molecule has 8 heteroatoms. The minimum absolute atomic E-state index is 0.0564. The van der Waals surface area contributed by atoms with Crippen molar-refractivity contribution in [3.05, 3.63) is 80.1 Å². The van der Waals surface area contributed by atoms with E-state index in [4.69, 9.17) is 0 Å². The Morgan fingerprint density at radius 3 is 2.47 bits per heavy atom. The summed E-state index contributed by atoms with van der Waals surface area (Å²) in [4.78, 5) is 38.7. The first-order valence-corrected chi connectivity index (χ1v) is 10.6. The number of carbonyl (C=O) groups excluding carboxylic acids is 1. The molecule has 4 N–H and O–H groups in total. The fourth-order valence-electron chi connectivity index (χ4n) is 3.98. The number of carbonyl (C=O) groups is 1. The molecule has 1 aliphatic heterocycles. The summed E-state index contributed by atoms with van der Waals surface area (Å²) >= 11 is 0. The summed E-state index contributed by atoms with van der Waals surface area (Å²) in [6.45, 7) is 2.58. The Bertz CT molecular complexity index is 1200. The van der Waals surface area contributed by atoms with Gasteiger partial charge in [0.1, 0.15) is 11.4 Å². The van der Waals surface area contributed by atoms with Gasteiger partial charge in [0.25, 0.3) is 16.8 Å². The average molecular weight is 435 g/mol. The molecule has 1 amide bonds. The molecule has 0 radical (unpaired) electrons. The molecule has 0 aliphatic carbocycles. The summed E-state index contributed by atoms with van der Waals surface area (Å²) in [7, 11) is 0. The fourth-order valence-corrected chi connectivity index (χ4v) is 3.98. The van der Waals surface area contributed by atoms with Crippen molar-refractivity contribution >= 4 is 23.0 Å². The van der Waals surface area contributed by atoms with Crippen molar-refractivity contribution in [1.29, 1.82) is 0 Å². The topological polar surface area (TPSA) is 119 Å². The lowest BCUT2D eigenvalue weighted by atomic mass is 10.0. The number of anilines is 3. The highest BCUT2D eigenvalue weighted by molar-refractivity contribution is 5.99. The minimum Gasteiger partial charge on any atom is -0.505 e. The van der Waals surface area contributed by atoms with Crippen LogP contribution in [0.5, 0.6) is 5.75 Å². The Morgan fingerprint density at radius 2 is 1.81 bits per heavy atom. The third-order valence-corrected chi connectivity index (χ3v) is 5.82. The molecule has 2 atom stereocenters. The van der Waals surface area contributed by atoms with Gasteiger partial charge in [0.05, 0.1) is 23.4 Å². The second-order valence-corrected chi connectivity index (χ2v) is 7.94. The van der Waals surface area contributed by atoms with Gasteiger partial charge in [-0.1, -0.05) is 43.3 Å². The Morgan fingerprint density at radius 1 is 1.09 bits per heavy atom. The number of rotatable bonds is 7. The van der Waals surface area contributed by atoms with E-state index in [1.54, 1.807) is 6.07 Å². The highest BCUT2D eigenvalue weighted by atomic mass is 16.3. The van der Waals surface area contributed by atoms with Gasteiger partial charge in [-0.15, -0.1) is 0 Å². The van der Waals surface area contributed by atoms with Crippen LogP contribution >= 0.6 is 0 Å². The molecule has 0 unspecified atom stereocenters. The predicted molar refractivity (Wildman–Crippen MR) is 122 cm³/mol. The molecule has 1 saturated heterocycles. The number of phenolic OH excluding ortho intramolecular Hbond substituents is 1. The molecule has 32 heavy (non-hydrogen) atoms. The summed E-state index contributed by atoms with van der Waals surface area (Å²) in [6, 6.07) is 14.0. The maximum Gasteiger partial charge on any atom is 0.257 e. The van der Waals surface area contributed by atoms with Crippen molar-refractivity contribution in [2.75, 3.05) is 23.7 Å². The number of nitrogens with zero attached hydrogens (tertiary/aromatic N) is 1. The van der Waals surface area contributed by atoms with E-state index in [-0.39, 0.29) is 41.0 Å². The number of aromatic hydroxyl groups is 1. The van der Waals surface area contributed by atoms with Crippen LogP contribution in [0.25, 0.3) is 0 Å². The van der Waals surface area contributed by atoms with Gasteiger partial charge < -0.3 is 25.7 Å². The fraction of sp³-hybridized carbons (Fsp3) is 0.292. The lowest BCUT2D eigenvalue weighted by Crippen LogP contribution is -2.37. The molecule has 0 spiro atoms. The van der Waals surface area contributed by atoms with Crippen LogP contribution in [0.15, 0.2) is 58.1 Å². The molecule has 1 fully saturated rings. The molecule has 1 heterocycles. The predicted octanol–water partition coefficient (Wildman–Crippen LogP) is 2.50. The molecule has 8 nitrogen and oxygen atoms in total. The second-order valence-electron chi connectivity index (χ2n) is 7.94. The van der Waals surface area contributed by atoms with Gasteiger partial charge in [0.15, 0.2) is 5.75 Å². The van der Waals surface area contributed by atoms with Crippen LogP contribution in [-0.4, -0.2) is 40.2 Å². The number of para-hydroxylation sites is 1. The standard InChI is InChI=1S/C24H25N3O5/c1-2-17(14-7-4-3-5-8-14)25-19-20(23(31)22(19)30)26-18-10-6-9-16(21(18)29)24(32)27-12-11-15(28)13-27/h3-10,15,17,25-26,28-29H,2,11-13H2,1H3/t15-,17+/m0/s1. The number of β-amino-alcohol motifs (C(OH)–C–C–N with tert-alkyl or cyclic N) is 1. The van der Waals surface area contributed by atoms with Gasteiger partial charge >= 0.3 is 0 Å². The van der Waals surface area contributed by atoms with Crippen molar-refractivity contribution in [2.24, 2.45) is 0 Å². The third kappa shape index (κ3) is 3.97. The molecule has 0 aromatic heterocycles. The molecule has 166 valence electrons. The first kappa shape index (κ1) is 21.6. The molecule has 3 aromatic carbocycles. The van der Waals surface area contributed by atoms with Crippen LogP contribution in [0.4, 0.5) is 17.1 Å². The van der Waals surface area contributed by atoms with Crippen LogP contribution in [0.1, 0.15) is 41.7 Å². The first-order chi connectivity index (χ1) is 15.4. The van der Waals surface area contributed by atoms with Gasteiger partial charge in [0.2, 0.25) is 0 Å². The molecule has 0 bridgehead atoms. The zero-order valence-electron chi connectivity index (χ0n) is 17.7. The van der Waals surface area contributed by atoms with E-state index in [0.717, 1.165) is 5.56 Å². The van der Waals surface area contributed by atoms with Crippen LogP contribution in [-0.2, 0) is 0 Å². The summed E-state index contributed by atoms with van der Waals surface area (Å²) in [5.74, 6) is -0.714. The summed E-state index contributed by atoms with van der Waals surface area (Å²) < 4.78 is 0. The summed E-state index contributed by atoms with van der Waals surface area (Å²) in [5, 5.41) is 26.3. The summed E-state index contributed by atoms with van der Waals surface area (Å²) in [5.41, 5.74) is 0.100. The monoisotopic (exact) mass is 435 g/mol. The van der Waals surface area contributed by atoms with E-state index in [0.29, 0.717) is 19.4 Å². The molecule has 4 rings (SSSR count). The van der Waals surface area contributed by atoms with Gasteiger partial charge in [-0.05, 0) is 30.5 Å². The van der Waals surface area contributed by atoms with Crippen LogP contribution in [0.2, 0.25) is 0 Å². The summed E-state index contributed by atoms with van der Waals surface area (Å²) in [6.07, 6.45) is 0.609. The van der Waals surface area contributed by atoms with Crippen molar-refractivity contribution in [3.8, 4) is 5.75 Å². The van der Waals surface area contributed by atoms with E-state index in [1.807, 2.05) is 37.3 Å². The van der Waals surface area contributed by atoms with Gasteiger partial charge in [-0.3, -0.25) is 14.4 Å². The van der Waals surface area contributed by atoms with E-state index in [9.17, 15) is 24.6 Å². The number of nitrogens with one attached hydrogen (secondary N) is 2. The molecule has 3 aromatic rings. The number of phenols is 1. The zero-order valence-corrected chi connectivity index (χ0v) is 17.7. The molecule has 0 saturated carbocycles. The van der Waals surface area contributed by atoms with E-state index in [1.165, 1.54) is 17.0 Å². The van der Waals surface area contributed by atoms with E-state index >= 15 is 0 Å². The van der Waals surface area contributed by atoms with Crippen molar-refractivity contribution in [1.82, 2.24) is 4.90 Å². The van der Waals surface area contributed by atoms with Crippen molar-refractivity contribution in [2.45, 2.75) is 31.9 Å². The van der Waals surface area contributed by atoms with Crippen molar-refractivity contribution < 1.29 is 15.0 Å². The smallest absolute Gasteiger partial charge is 0.257 e. The zero-order chi connectivity index (χ0) is 22.8. The lowest BCUT2D eigenvalue weighted by Gasteiger charge is -2.22. The third-order valence-electron chi connectivity index (χ3n) is 5.82. The molecular formula is C24H25N3O5. The Kier molecular flexibility index (Phi) is 5.96. The number of aliphatic hydroxyl groups is 1. The molecular weight excluding hydrogens is 410 g/mol. The van der Waals surface area contributed by atoms with E-state index < -0.39 is 22.9 Å². The maximum absolute atomic E-state index is 12.7. The quantitative estimate of drug-likeness (QED) is 0.333. The van der Waals surface area contributed by atoms with Gasteiger partial charge in [0, 0.05) is 13.1 Å². The Balaban J connectivity index is 1.58. The van der Waals surface area contributed by atoms with Crippen LogP contribution in [0, 0.1) is 0 Å². The second kappa shape index (κ2) is 8.84. The van der Waals surface area contributed by atoms with Crippen LogP contribution in [0.3, 0.4) is 0 Å². The molecule has 1 aliphatic rings. The number of aliphatic hydroxyl groups excluding tert-OH is 1. The normalized spacial score (nSPS) is 16.8. The number of amides is 1. The highest BCUT2D eigenvalue weighted by Gasteiger charge is 2.29. The largest absolute Gasteiger partial charge is 0.505 e. The number of hydrogen-bond donors (Lipinski definition) is 4. The SMILES string of the molecule is CC[C@@H](Nc1c(Nc2cccc(C(=O)N3CC[C@H](O)C3)c2O)c(=O)c1=O)c1ccccc1. The van der Waals surface area contributed by atoms with E-state index in [2.05, 4.69) is 10.6 Å². The number of benzene rings is 2. The minimum atomic E-state index is -0.686. The number of likely N-dealkylation sites (tertiary alicyclic amines) is 1. The Hall–Kier alpha value is -3.65.